The van der Waals surface area contributed by atoms with Gasteiger partial charge in [0.1, 0.15) is 0 Å². The van der Waals surface area contributed by atoms with E-state index < -0.39 is 10.0 Å². The molecule has 2 aromatic rings. The molecule has 3 N–H and O–H groups in total. The summed E-state index contributed by atoms with van der Waals surface area (Å²) in [5.41, 5.74) is 1.54. The van der Waals surface area contributed by atoms with Gasteiger partial charge >= 0.3 is 0 Å². The van der Waals surface area contributed by atoms with E-state index in [1.54, 1.807) is 12.1 Å². The fourth-order valence-electron chi connectivity index (χ4n) is 3.71. The van der Waals surface area contributed by atoms with Crippen molar-refractivity contribution < 1.29 is 18.0 Å². The zero-order valence-electron chi connectivity index (χ0n) is 17.0. The summed E-state index contributed by atoms with van der Waals surface area (Å²) in [5.74, 6) is 0.0742. The lowest BCUT2D eigenvalue weighted by atomic mass is 9.89. The molecule has 1 aliphatic rings. The summed E-state index contributed by atoms with van der Waals surface area (Å²) in [6, 6.07) is 15.2. The predicted molar refractivity (Wildman–Crippen MR) is 114 cm³/mol. The zero-order valence-corrected chi connectivity index (χ0v) is 17.8. The van der Waals surface area contributed by atoms with Gasteiger partial charge in [-0.2, -0.15) is 0 Å². The lowest BCUT2D eigenvalue weighted by Crippen LogP contribution is -2.43. The third kappa shape index (κ3) is 5.75. The van der Waals surface area contributed by atoms with Crippen molar-refractivity contribution in [1.82, 2.24) is 10.2 Å². The van der Waals surface area contributed by atoms with Crippen LogP contribution in [0.1, 0.15) is 41.7 Å². The molecule has 160 valence electrons. The fraction of sp³-hybridized carbons (Fsp3) is 0.364. The molecule has 0 spiro atoms. The second-order valence-corrected chi connectivity index (χ2v) is 9.25. The molecule has 1 unspecified atom stereocenters. The highest BCUT2D eigenvalue weighted by Gasteiger charge is 2.26. The summed E-state index contributed by atoms with van der Waals surface area (Å²) in [6.45, 7) is 3.52. The van der Waals surface area contributed by atoms with E-state index in [1.165, 1.54) is 12.1 Å². The number of benzene rings is 2. The van der Waals surface area contributed by atoms with Crippen molar-refractivity contribution in [3.8, 4) is 0 Å². The first kappa shape index (κ1) is 22.1. The van der Waals surface area contributed by atoms with Crippen molar-refractivity contribution in [2.45, 2.75) is 30.7 Å². The molecular weight excluding hydrogens is 402 g/mol. The van der Waals surface area contributed by atoms with Gasteiger partial charge in [-0.1, -0.05) is 42.5 Å². The number of rotatable bonds is 7. The topological polar surface area (TPSA) is 110 Å². The van der Waals surface area contributed by atoms with Gasteiger partial charge in [-0.05, 0) is 50.6 Å². The molecule has 7 nitrogen and oxygen atoms in total. The molecule has 0 aliphatic carbocycles. The fourth-order valence-corrected chi connectivity index (χ4v) is 4.23. The van der Waals surface area contributed by atoms with Crippen LogP contribution in [0, 0.1) is 5.92 Å². The number of piperidine rings is 1. The number of hydrogen-bond acceptors (Lipinski definition) is 5. The number of amides is 1. The number of ketones is 1. The number of hydrogen-bond donors (Lipinski definition) is 2. The van der Waals surface area contributed by atoms with Gasteiger partial charge in [-0.3, -0.25) is 14.5 Å². The first-order valence-electron chi connectivity index (χ1n) is 9.98. The third-order valence-electron chi connectivity index (χ3n) is 5.47. The van der Waals surface area contributed by atoms with E-state index in [2.05, 4.69) is 10.2 Å². The summed E-state index contributed by atoms with van der Waals surface area (Å²) in [6.07, 6.45) is 1.48. The first-order chi connectivity index (χ1) is 14.2. The number of sulfonamides is 1. The molecule has 1 fully saturated rings. The summed E-state index contributed by atoms with van der Waals surface area (Å²) >= 11 is 0. The molecule has 1 heterocycles. The monoisotopic (exact) mass is 429 g/mol. The third-order valence-corrected chi connectivity index (χ3v) is 6.40. The van der Waals surface area contributed by atoms with E-state index in [0.29, 0.717) is 13.1 Å². The summed E-state index contributed by atoms with van der Waals surface area (Å²) in [5, 5.41) is 8.04. The number of primary sulfonamides is 1. The molecule has 0 radical (unpaired) electrons. The Kier molecular flexibility index (Phi) is 7.02. The van der Waals surface area contributed by atoms with Gasteiger partial charge in [0.25, 0.3) is 0 Å². The number of likely N-dealkylation sites (tertiary alicyclic amines) is 1. The van der Waals surface area contributed by atoms with Crippen LogP contribution >= 0.6 is 0 Å². The minimum Gasteiger partial charge on any atom is -0.348 e. The minimum absolute atomic E-state index is 0.00275. The van der Waals surface area contributed by atoms with Gasteiger partial charge in [-0.25, -0.2) is 13.6 Å². The molecule has 1 aliphatic heterocycles. The van der Waals surface area contributed by atoms with E-state index in [1.807, 2.05) is 37.3 Å². The average Bonchev–Trinajstić information content (AvgIpc) is 2.74. The highest BCUT2D eigenvalue weighted by molar-refractivity contribution is 7.89. The maximum atomic E-state index is 12.6. The average molecular weight is 430 g/mol. The van der Waals surface area contributed by atoms with Crippen molar-refractivity contribution in [2.75, 3.05) is 19.6 Å². The van der Waals surface area contributed by atoms with Crippen molar-refractivity contribution in [1.29, 1.82) is 0 Å². The number of carbonyl (C=O) groups is 2. The van der Waals surface area contributed by atoms with Gasteiger partial charge < -0.3 is 5.32 Å². The number of nitrogens with two attached hydrogens (primary N) is 1. The molecular formula is C22H27N3O4S. The van der Waals surface area contributed by atoms with E-state index >= 15 is 0 Å². The highest BCUT2D eigenvalue weighted by Crippen LogP contribution is 2.22. The van der Waals surface area contributed by atoms with Crippen LogP contribution in [-0.2, 0) is 14.8 Å². The Morgan fingerprint density at radius 1 is 1.07 bits per heavy atom. The lowest BCUT2D eigenvalue weighted by Gasteiger charge is -2.31. The molecule has 0 bridgehead atoms. The van der Waals surface area contributed by atoms with E-state index in [0.717, 1.165) is 24.0 Å². The smallest absolute Gasteiger partial charge is 0.238 e. The van der Waals surface area contributed by atoms with Crippen LogP contribution in [0.4, 0.5) is 0 Å². The van der Waals surface area contributed by atoms with Crippen molar-refractivity contribution in [3.63, 3.8) is 0 Å². The molecule has 30 heavy (non-hydrogen) atoms. The summed E-state index contributed by atoms with van der Waals surface area (Å²) in [4.78, 5) is 27.1. The zero-order chi connectivity index (χ0) is 21.7. The van der Waals surface area contributed by atoms with Crippen LogP contribution in [0.3, 0.4) is 0 Å². The Morgan fingerprint density at radius 3 is 2.23 bits per heavy atom. The van der Waals surface area contributed by atoms with Crippen LogP contribution in [0.5, 0.6) is 0 Å². The Labute approximate surface area is 177 Å². The Bertz CT molecular complexity index is 983. The normalized spacial score (nSPS) is 16.7. The first-order valence-corrected chi connectivity index (χ1v) is 11.5. The van der Waals surface area contributed by atoms with Crippen LogP contribution in [0.15, 0.2) is 59.5 Å². The van der Waals surface area contributed by atoms with Gasteiger partial charge in [0.05, 0.1) is 17.5 Å². The molecule has 1 amide bonds. The van der Waals surface area contributed by atoms with Crippen molar-refractivity contribution in [3.05, 3.63) is 65.7 Å². The predicted octanol–water partition coefficient (Wildman–Crippen LogP) is 2.11. The number of carbonyl (C=O) groups excluding carboxylic acids is 2. The molecule has 3 rings (SSSR count). The maximum absolute atomic E-state index is 12.6. The van der Waals surface area contributed by atoms with Crippen LogP contribution in [-0.4, -0.2) is 44.6 Å². The second-order valence-electron chi connectivity index (χ2n) is 7.68. The largest absolute Gasteiger partial charge is 0.348 e. The van der Waals surface area contributed by atoms with Crippen LogP contribution in [0.25, 0.3) is 0 Å². The Morgan fingerprint density at radius 2 is 1.67 bits per heavy atom. The number of nitrogens with zero attached hydrogens (tertiary/aromatic N) is 1. The molecule has 8 heteroatoms. The number of Topliss-reactive ketones (excluding diaryl/α,β-unsaturated/α-hetero) is 1. The van der Waals surface area contributed by atoms with E-state index in [4.69, 9.17) is 5.14 Å². The molecule has 0 aromatic heterocycles. The van der Waals surface area contributed by atoms with Gasteiger partial charge in [0.2, 0.25) is 15.9 Å². The molecule has 1 saturated heterocycles. The second kappa shape index (κ2) is 9.51. The SMILES string of the molecule is CC(NC(=O)CN1CCC(C(=O)c2ccccc2)CC1)c1ccc(S(N)(=O)=O)cc1. The van der Waals surface area contributed by atoms with E-state index in [-0.39, 0.29) is 35.1 Å². The lowest BCUT2D eigenvalue weighted by molar-refractivity contribution is -0.123. The summed E-state index contributed by atoms with van der Waals surface area (Å²) in [7, 11) is -3.73. The van der Waals surface area contributed by atoms with Gasteiger partial charge in [0, 0.05) is 11.5 Å². The van der Waals surface area contributed by atoms with Gasteiger partial charge in [0.15, 0.2) is 5.78 Å². The highest BCUT2D eigenvalue weighted by atomic mass is 32.2. The van der Waals surface area contributed by atoms with Crippen molar-refractivity contribution in [2.24, 2.45) is 11.1 Å². The number of nitrogens with one attached hydrogen (secondary N) is 1. The minimum atomic E-state index is -3.73. The van der Waals surface area contributed by atoms with Gasteiger partial charge in [-0.15, -0.1) is 0 Å². The summed E-state index contributed by atoms with van der Waals surface area (Å²) < 4.78 is 22.7. The quantitative estimate of drug-likeness (QED) is 0.655. The Balaban J connectivity index is 1.47. The maximum Gasteiger partial charge on any atom is 0.238 e. The molecule has 1 atom stereocenters. The van der Waals surface area contributed by atoms with E-state index in [9.17, 15) is 18.0 Å². The van der Waals surface area contributed by atoms with Crippen molar-refractivity contribution >= 4 is 21.7 Å². The standard InChI is InChI=1S/C22H27N3O4S/c1-16(17-7-9-20(10-8-17)30(23,28)29)24-21(26)15-25-13-11-19(12-14-25)22(27)18-5-3-2-4-6-18/h2-10,16,19H,11-15H2,1H3,(H,24,26)(H2,23,28,29). The van der Waals surface area contributed by atoms with Crippen LogP contribution in [0.2, 0.25) is 0 Å². The Hall–Kier alpha value is -2.55. The molecule has 2 aromatic carbocycles. The van der Waals surface area contributed by atoms with Crippen LogP contribution < -0.4 is 10.5 Å². The molecule has 0 saturated carbocycles.